The molecule has 1 N–H and O–H groups in total. The van der Waals surface area contributed by atoms with Crippen LogP contribution in [0.1, 0.15) is 24.8 Å². The second kappa shape index (κ2) is 5.80. The van der Waals surface area contributed by atoms with E-state index < -0.39 is 10.0 Å². The lowest BCUT2D eigenvalue weighted by atomic mass is 10.2. The van der Waals surface area contributed by atoms with Crippen LogP contribution in [-0.2, 0) is 19.6 Å². The molecule has 0 bridgehead atoms. The summed E-state index contributed by atoms with van der Waals surface area (Å²) in [6, 6.07) is 1.26. The predicted octanol–water partition coefficient (Wildman–Crippen LogP) is 0.965. The molecule has 0 aromatic carbocycles. The molecule has 1 aliphatic heterocycles. The highest BCUT2D eigenvalue weighted by atomic mass is 32.2. The van der Waals surface area contributed by atoms with E-state index in [0.717, 1.165) is 0 Å². The Hall–Kier alpha value is -0.960. The molecule has 6 nitrogen and oxygen atoms in total. The second-order valence-corrected chi connectivity index (χ2v) is 7.88. The molecule has 1 amide bonds. The van der Waals surface area contributed by atoms with Gasteiger partial charge in [-0.1, -0.05) is 0 Å². The first-order valence-electron chi connectivity index (χ1n) is 6.27. The number of hydrogen-bond acceptors (Lipinski definition) is 5. The maximum absolute atomic E-state index is 12.1. The number of carbonyl (C=O) groups excluding carboxylic acids is 1. The first-order chi connectivity index (χ1) is 9.32. The maximum atomic E-state index is 12.1. The molecule has 1 atom stereocenters. The van der Waals surface area contributed by atoms with Crippen molar-refractivity contribution in [1.82, 2.24) is 9.62 Å². The number of thiophene rings is 1. The summed E-state index contributed by atoms with van der Waals surface area (Å²) in [7, 11) is -1.90. The zero-order valence-corrected chi connectivity index (χ0v) is 13.3. The number of sulfonamides is 1. The Morgan fingerprint density at radius 2 is 2.30 bits per heavy atom. The van der Waals surface area contributed by atoms with Gasteiger partial charge in [0.1, 0.15) is 6.61 Å². The van der Waals surface area contributed by atoms with E-state index in [4.69, 9.17) is 4.74 Å². The third-order valence-electron chi connectivity index (χ3n) is 2.98. The fraction of sp³-hybridized carbons (Fsp3) is 0.583. The van der Waals surface area contributed by atoms with Crippen molar-refractivity contribution in [2.75, 3.05) is 20.2 Å². The van der Waals surface area contributed by atoms with Crippen molar-refractivity contribution in [3.63, 3.8) is 0 Å². The highest BCUT2D eigenvalue weighted by Gasteiger charge is 2.36. The van der Waals surface area contributed by atoms with E-state index in [1.807, 2.05) is 13.8 Å². The van der Waals surface area contributed by atoms with Crippen LogP contribution in [0, 0.1) is 0 Å². The molecule has 1 aromatic rings. The van der Waals surface area contributed by atoms with E-state index in [2.05, 4.69) is 5.32 Å². The van der Waals surface area contributed by atoms with Crippen LogP contribution in [0.3, 0.4) is 0 Å². The normalized spacial score (nSPS) is 21.7. The third-order valence-corrected chi connectivity index (χ3v) is 6.03. The Balaban J connectivity index is 2.13. The van der Waals surface area contributed by atoms with Crippen molar-refractivity contribution >= 4 is 27.3 Å². The van der Waals surface area contributed by atoms with Gasteiger partial charge in [-0.15, -0.1) is 11.3 Å². The molecule has 2 rings (SSSR count). The summed E-state index contributed by atoms with van der Waals surface area (Å²) in [6.45, 7) is 3.92. The largest absolute Gasteiger partial charge is 0.369 e. The molecule has 0 unspecified atom stereocenters. The van der Waals surface area contributed by atoms with E-state index in [1.165, 1.54) is 22.7 Å². The Labute approximate surface area is 122 Å². The minimum absolute atomic E-state index is 0.0209. The average molecular weight is 318 g/mol. The van der Waals surface area contributed by atoms with Crippen molar-refractivity contribution in [2.24, 2.45) is 0 Å². The van der Waals surface area contributed by atoms with Crippen LogP contribution in [0.15, 0.2) is 16.3 Å². The Bertz CT molecular complexity index is 594. The van der Waals surface area contributed by atoms with Crippen LogP contribution < -0.4 is 5.32 Å². The first kappa shape index (κ1) is 15.4. The van der Waals surface area contributed by atoms with Crippen LogP contribution in [0.2, 0.25) is 0 Å². The summed E-state index contributed by atoms with van der Waals surface area (Å²) in [6.07, 6.45) is -0.0209. The van der Waals surface area contributed by atoms with E-state index >= 15 is 0 Å². The van der Waals surface area contributed by atoms with Gasteiger partial charge >= 0.3 is 0 Å². The highest BCUT2D eigenvalue weighted by molar-refractivity contribution is 7.89. The number of nitrogens with one attached hydrogen (secondary N) is 1. The lowest BCUT2D eigenvalue weighted by Crippen LogP contribution is -2.43. The molecule has 0 spiro atoms. The number of carbonyl (C=O) groups is 1. The quantitative estimate of drug-likeness (QED) is 0.897. The van der Waals surface area contributed by atoms with Crippen molar-refractivity contribution in [3.8, 4) is 0 Å². The van der Waals surface area contributed by atoms with Gasteiger partial charge in [-0.3, -0.25) is 4.79 Å². The Morgan fingerprint density at radius 3 is 2.95 bits per heavy atom. The fourth-order valence-corrected chi connectivity index (χ4v) is 4.67. The van der Waals surface area contributed by atoms with E-state index in [0.29, 0.717) is 4.88 Å². The predicted molar refractivity (Wildman–Crippen MR) is 76.1 cm³/mol. The first-order valence-corrected chi connectivity index (χ1v) is 8.59. The molecule has 0 fully saturated rings. The number of amides is 1. The third kappa shape index (κ3) is 3.03. The smallest absolute Gasteiger partial charge is 0.246 e. The van der Waals surface area contributed by atoms with Crippen LogP contribution in [0.5, 0.6) is 0 Å². The molecular formula is C12H18N2O4S2. The Kier molecular flexibility index (Phi) is 4.48. The SMILES string of the molecule is CC(C)OCC(=O)N[C@H]1CN(C)S(=O)(=O)c2ccsc21. The van der Waals surface area contributed by atoms with Gasteiger partial charge in [0.25, 0.3) is 0 Å². The van der Waals surface area contributed by atoms with Gasteiger partial charge < -0.3 is 10.1 Å². The molecule has 20 heavy (non-hydrogen) atoms. The second-order valence-electron chi connectivity index (χ2n) is 4.91. The van der Waals surface area contributed by atoms with Crippen molar-refractivity contribution in [3.05, 3.63) is 16.3 Å². The van der Waals surface area contributed by atoms with E-state index in [9.17, 15) is 13.2 Å². The number of fused-ring (bicyclic) bond motifs is 1. The summed E-state index contributed by atoms with van der Waals surface area (Å²) < 4.78 is 30.7. The van der Waals surface area contributed by atoms with Crippen LogP contribution in [0.4, 0.5) is 0 Å². The zero-order valence-electron chi connectivity index (χ0n) is 11.6. The number of hydrogen-bond donors (Lipinski definition) is 1. The molecule has 2 heterocycles. The molecule has 0 saturated heterocycles. The van der Waals surface area contributed by atoms with E-state index in [-0.39, 0.29) is 36.1 Å². The molecule has 1 aliphatic rings. The fourth-order valence-electron chi connectivity index (χ4n) is 1.97. The minimum Gasteiger partial charge on any atom is -0.369 e. The summed E-state index contributed by atoms with van der Waals surface area (Å²) in [5.74, 6) is -0.240. The van der Waals surface area contributed by atoms with Crippen molar-refractivity contribution in [2.45, 2.75) is 30.9 Å². The van der Waals surface area contributed by atoms with Gasteiger partial charge in [0.2, 0.25) is 15.9 Å². The molecule has 0 radical (unpaired) electrons. The van der Waals surface area contributed by atoms with Gasteiger partial charge in [-0.25, -0.2) is 8.42 Å². The highest BCUT2D eigenvalue weighted by Crippen LogP contribution is 2.35. The molecule has 1 aromatic heterocycles. The molecule has 112 valence electrons. The minimum atomic E-state index is -3.41. The monoisotopic (exact) mass is 318 g/mol. The molecule has 0 saturated carbocycles. The zero-order chi connectivity index (χ0) is 14.9. The van der Waals surface area contributed by atoms with Gasteiger partial charge in [0, 0.05) is 18.5 Å². The summed E-state index contributed by atoms with van der Waals surface area (Å²) in [5.41, 5.74) is 0. The number of likely N-dealkylation sites (N-methyl/N-ethyl adjacent to an activating group) is 1. The van der Waals surface area contributed by atoms with Gasteiger partial charge in [-0.05, 0) is 25.3 Å². The van der Waals surface area contributed by atoms with Gasteiger partial charge in [0.05, 0.1) is 17.0 Å². The topological polar surface area (TPSA) is 75.7 Å². The number of ether oxygens (including phenoxy) is 1. The van der Waals surface area contributed by atoms with Crippen LogP contribution >= 0.6 is 11.3 Å². The lowest BCUT2D eigenvalue weighted by Gasteiger charge is -2.30. The maximum Gasteiger partial charge on any atom is 0.246 e. The van der Waals surface area contributed by atoms with Crippen molar-refractivity contribution < 1.29 is 17.9 Å². The lowest BCUT2D eigenvalue weighted by molar-refractivity contribution is -0.127. The number of nitrogens with zero attached hydrogens (tertiary/aromatic N) is 1. The molecule has 8 heteroatoms. The van der Waals surface area contributed by atoms with Crippen LogP contribution in [0.25, 0.3) is 0 Å². The number of rotatable bonds is 4. The summed E-state index contributed by atoms with van der Waals surface area (Å²) in [5, 5.41) is 4.55. The van der Waals surface area contributed by atoms with E-state index in [1.54, 1.807) is 11.4 Å². The summed E-state index contributed by atoms with van der Waals surface area (Å²) >= 11 is 1.34. The average Bonchev–Trinajstić information content (AvgIpc) is 2.84. The molecule has 0 aliphatic carbocycles. The summed E-state index contributed by atoms with van der Waals surface area (Å²) in [4.78, 5) is 12.8. The van der Waals surface area contributed by atoms with Gasteiger partial charge in [-0.2, -0.15) is 4.31 Å². The van der Waals surface area contributed by atoms with Crippen molar-refractivity contribution in [1.29, 1.82) is 0 Å². The standard InChI is InChI=1S/C12H18N2O4S2/c1-8(2)18-7-11(15)13-9-6-14(3)20(16,17)10-4-5-19-12(9)10/h4-5,8-9H,6-7H2,1-3H3,(H,13,15)/t9-/m0/s1. The van der Waals surface area contributed by atoms with Gasteiger partial charge in [0.15, 0.2) is 0 Å². The molecular weight excluding hydrogens is 300 g/mol. The Morgan fingerprint density at radius 1 is 1.60 bits per heavy atom. The van der Waals surface area contributed by atoms with Crippen LogP contribution in [-0.4, -0.2) is 44.9 Å².